The first-order chi connectivity index (χ1) is 14.5. The van der Waals surface area contributed by atoms with Gasteiger partial charge < -0.3 is 5.32 Å². The minimum absolute atomic E-state index is 0.210. The summed E-state index contributed by atoms with van der Waals surface area (Å²) in [5, 5.41) is 3.55. The third-order valence-corrected chi connectivity index (χ3v) is 5.78. The smallest absolute Gasteiger partial charge is 0.123 e. The minimum Gasteiger partial charge on any atom is -0.356 e. The fraction of sp³-hybridized carbons (Fsp3) is 0.214. The molecule has 152 valence electrons. The molecule has 0 saturated heterocycles. The van der Waals surface area contributed by atoms with Crippen molar-refractivity contribution in [2.75, 3.05) is 0 Å². The van der Waals surface area contributed by atoms with Crippen LogP contribution in [0.1, 0.15) is 44.2 Å². The molecule has 0 saturated carbocycles. The first kappa shape index (κ1) is 20.2. The molecule has 0 bridgehead atoms. The minimum atomic E-state index is -0.210. The van der Waals surface area contributed by atoms with E-state index in [0.29, 0.717) is 5.92 Å². The van der Waals surface area contributed by atoms with Crippen LogP contribution in [-0.2, 0) is 0 Å². The van der Waals surface area contributed by atoms with Crippen molar-refractivity contribution in [2.45, 2.75) is 33.1 Å². The van der Waals surface area contributed by atoms with Crippen molar-refractivity contribution in [2.24, 2.45) is 5.92 Å². The number of rotatable bonds is 6. The van der Waals surface area contributed by atoms with Gasteiger partial charge in [-0.2, -0.15) is 0 Å². The lowest BCUT2D eigenvalue weighted by atomic mass is 9.91. The molecule has 0 atom stereocenters. The molecule has 0 radical (unpaired) electrons. The molecule has 0 fully saturated rings. The SMILES string of the molecule is C=C(NC1=CCCC=C1)C1=C(C(C)C)CC(c2ccc(F)cc2)=C1c1ccccc1. The molecule has 2 aromatic carbocycles. The average Bonchev–Trinajstić information content (AvgIpc) is 3.17. The molecule has 0 aromatic heterocycles. The van der Waals surface area contributed by atoms with Gasteiger partial charge in [0.05, 0.1) is 0 Å². The lowest BCUT2D eigenvalue weighted by Gasteiger charge is -2.20. The molecule has 0 aliphatic heterocycles. The Balaban J connectivity index is 1.84. The summed E-state index contributed by atoms with van der Waals surface area (Å²) in [7, 11) is 0. The third-order valence-electron chi connectivity index (χ3n) is 5.78. The van der Waals surface area contributed by atoms with Crippen molar-refractivity contribution in [1.82, 2.24) is 5.32 Å². The van der Waals surface area contributed by atoms with Crippen LogP contribution in [0.25, 0.3) is 11.1 Å². The number of hydrogen-bond acceptors (Lipinski definition) is 1. The van der Waals surface area contributed by atoms with Gasteiger partial charge in [-0.05, 0) is 65.7 Å². The highest BCUT2D eigenvalue weighted by atomic mass is 19.1. The van der Waals surface area contributed by atoms with Crippen LogP contribution in [0.15, 0.2) is 102 Å². The quantitative estimate of drug-likeness (QED) is 0.534. The molecule has 1 N–H and O–H groups in total. The summed E-state index contributed by atoms with van der Waals surface area (Å²) in [4.78, 5) is 0. The van der Waals surface area contributed by atoms with Gasteiger partial charge >= 0.3 is 0 Å². The van der Waals surface area contributed by atoms with Crippen LogP contribution in [0, 0.1) is 11.7 Å². The van der Waals surface area contributed by atoms with Crippen molar-refractivity contribution in [3.05, 3.63) is 119 Å². The molecular formula is C28H28FN. The molecule has 0 amide bonds. The van der Waals surface area contributed by atoms with E-state index in [-0.39, 0.29) is 5.82 Å². The summed E-state index contributed by atoms with van der Waals surface area (Å²) < 4.78 is 13.6. The summed E-state index contributed by atoms with van der Waals surface area (Å²) >= 11 is 0. The van der Waals surface area contributed by atoms with Gasteiger partial charge in [-0.1, -0.05) is 80.6 Å². The predicted octanol–water partition coefficient (Wildman–Crippen LogP) is 7.43. The largest absolute Gasteiger partial charge is 0.356 e. The van der Waals surface area contributed by atoms with E-state index >= 15 is 0 Å². The number of hydrogen-bond donors (Lipinski definition) is 1. The number of allylic oxidation sites excluding steroid dienone is 6. The highest BCUT2D eigenvalue weighted by Gasteiger charge is 2.29. The molecule has 0 heterocycles. The Bertz CT molecular complexity index is 1060. The van der Waals surface area contributed by atoms with Gasteiger partial charge in [-0.15, -0.1) is 0 Å². The lowest BCUT2D eigenvalue weighted by Crippen LogP contribution is -2.15. The standard InChI is InChI=1S/C28H28FN/c1-19(2)25-18-26(21-14-16-23(29)17-15-21)28(22-10-6-4-7-11-22)27(25)20(3)30-24-12-8-5-9-13-24/h4,6-8,10-17,19,30H,3,5,9,18H2,1-2H3. The van der Waals surface area contributed by atoms with Crippen molar-refractivity contribution in [1.29, 1.82) is 0 Å². The Labute approximate surface area is 179 Å². The van der Waals surface area contributed by atoms with Gasteiger partial charge in [-0.3, -0.25) is 0 Å². The van der Waals surface area contributed by atoms with Gasteiger partial charge in [0.15, 0.2) is 0 Å². The van der Waals surface area contributed by atoms with Gasteiger partial charge in [0, 0.05) is 17.0 Å². The second kappa shape index (κ2) is 8.71. The molecule has 30 heavy (non-hydrogen) atoms. The average molecular weight is 398 g/mol. The molecular weight excluding hydrogens is 369 g/mol. The van der Waals surface area contributed by atoms with Crippen LogP contribution in [0.3, 0.4) is 0 Å². The van der Waals surface area contributed by atoms with E-state index in [0.717, 1.165) is 36.2 Å². The van der Waals surface area contributed by atoms with Crippen LogP contribution in [0.5, 0.6) is 0 Å². The molecule has 1 nitrogen and oxygen atoms in total. The van der Waals surface area contributed by atoms with Crippen molar-refractivity contribution < 1.29 is 4.39 Å². The number of halogens is 1. The molecule has 0 unspecified atom stereocenters. The maximum absolute atomic E-state index is 13.6. The van der Waals surface area contributed by atoms with Crippen LogP contribution in [0.2, 0.25) is 0 Å². The maximum atomic E-state index is 13.6. The van der Waals surface area contributed by atoms with E-state index in [1.807, 2.05) is 18.2 Å². The first-order valence-electron chi connectivity index (χ1n) is 10.7. The van der Waals surface area contributed by atoms with Crippen LogP contribution in [-0.4, -0.2) is 0 Å². The van der Waals surface area contributed by atoms with E-state index in [2.05, 4.69) is 68.2 Å². The zero-order valence-corrected chi connectivity index (χ0v) is 17.7. The van der Waals surface area contributed by atoms with E-state index in [1.54, 1.807) is 12.1 Å². The molecule has 2 aliphatic rings. The highest BCUT2D eigenvalue weighted by Crippen LogP contribution is 2.48. The van der Waals surface area contributed by atoms with Crippen molar-refractivity contribution >= 4 is 11.1 Å². The Morgan fingerprint density at radius 2 is 1.70 bits per heavy atom. The highest BCUT2D eigenvalue weighted by molar-refractivity contribution is 6.04. The van der Waals surface area contributed by atoms with Crippen molar-refractivity contribution in [3.8, 4) is 0 Å². The Hall–Kier alpha value is -3.13. The van der Waals surface area contributed by atoms with Gasteiger partial charge in [0.25, 0.3) is 0 Å². The summed E-state index contributed by atoms with van der Waals surface area (Å²) in [5.41, 5.74) is 9.24. The molecule has 2 aromatic rings. The summed E-state index contributed by atoms with van der Waals surface area (Å²) in [6.07, 6.45) is 9.53. The number of benzene rings is 2. The van der Waals surface area contributed by atoms with Crippen LogP contribution in [0.4, 0.5) is 4.39 Å². The van der Waals surface area contributed by atoms with E-state index in [9.17, 15) is 4.39 Å². The second-order valence-electron chi connectivity index (χ2n) is 8.20. The van der Waals surface area contributed by atoms with Crippen LogP contribution >= 0.6 is 0 Å². The molecule has 2 heteroatoms. The second-order valence-corrected chi connectivity index (χ2v) is 8.20. The summed E-state index contributed by atoms with van der Waals surface area (Å²) in [5.74, 6) is 0.170. The van der Waals surface area contributed by atoms with Crippen molar-refractivity contribution in [3.63, 3.8) is 0 Å². The van der Waals surface area contributed by atoms with E-state index in [4.69, 9.17) is 0 Å². The topological polar surface area (TPSA) is 12.0 Å². The van der Waals surface area contributed by atoms with Gasteiger partial charge in [-0.25, -0.2) is 4.39 Å². The lowest BCUT2D eigenvalue weighted by molar-refractivity contribution is 0.627. The zero-order valence-electron chi connectivity index (χ0n) is 17.7. The predicted molar refractivity (Wildman–Crippen MR) is 125 cm³/mol. The maximum Gasteiger partial charge on any atom is 0.123 e. The Morgan fingerprint density at radius 1 is 0.967 bits per heavy atom. The molecule has 0 spiro atoms. The van der Waals surface area contributed by atoms with E-state index < -0.39 is 0 Å². The normalized spacial score (nSPS) is 16.3. The Kier molecular flexibility index (Phi) is 5.85. The first-order valence-corrected chi connectivity index (χ1v) is 10.7. The van der Waals surface area contributed by atoms with Crippen LogP contribution < -0.4 is 5.32 Å². The summed E-state index contributed by atoms with van der Waals surface area (Å²) in [6.45, 7) is 8.91. The zero-order chi connectivity index (χ0) is 21.1. The fourth-order valence-corrected chi connectivity index (χ4v) is 4.28. The van der Waals surface area contributed by atoms with E-state index in [1.165, 1.54) is 27.9 Å². The fourth-order valence-electron chi connectivity index (χ4n) is 4.28. The third kappa shape index (κ3) is 4.09. The summed E-state index contributed by atoms with van der Waals surface area (Å²) in [6, 6.07) is 17.3. The number of nitrogens with one attached hydrogen (secondary N) is 1. The Morgan fingerprint density at radius 3 is 2.33 bits per heavy atom. The monoisotopic (exact) mass is 397 g/mol. The van der Waals surface area contributed by atoms with Gasteiger partial charge in [0.2, 0.25) is 0 Å². The van der Waals surface area contributed by atoms with Gasteiger partial charge in [0.1, 0.15) is 5.82 Å². The molecule has 2 aliphatic carbocycles. The molecule has 4 rings (SSSR count).